The number of benzene rings is 2. The van der Waals surface area contributed by atoms with Crippen molar-refractivity contribution in [2.75, 3.05) is 39.1 Å². The zero-order valence-electron chi connectivity index (χ0n) is 17.1. The Hall–Kier alpha value is -2.86. The molecule has 1 N–H and O–H groups in total. The SMILES string of the molecule is CCN(CC(=O)Nc1cccc(OC)c1)CC(=O)N(C)Cc1ccc(C)cc1. The van der Waals surface area contributed by atoms with Crippen molar-refractivity contribution in [3.8, 4) is 5.75 Å². The highest BCUT2D eigenvalue weighted by atomic mass is 16.5. The molecule has 0 aromatic heterocycles. The molecule has 6 heteroatoms. The molecule has 0 radical (unpaired) electrons. The normalized spacial score (nSPS) is 10.6. The molecule has 150 valence electrons. The van der Waals surface area contributed by atoms with Crippen molar-refractivity contribution in [1.82, 2.24) is 9.80 Å². The maximum Gasteiger partial charge on any atom is 0.238 e. The minimum absolute atomic E-state index is 0.0170. The van der Waals surface area contributed by atoms with Crippen molar-refractivity contribution >= 4 is 17.5 Å². The molecule has 2 amide bonds. The first-order chi connectivity index (χ1) is 13.4. The van der Waals surface area contributed by atoms with E-state index in [-0.39, 0.29) is 24.9 Å². The summed E-state index contributed by atoms with van der Waals surface area (Å²) < 4.78 is 5.16. The van der Waals surface area contributed by atoms with E-state index in [1.165, 1.54) is 5.56 Å². The van der Waals surface area contributed by atoms with Crippen molar-refractivity contribution in [3.05, 3.63) is 59.7 Å². The molecule has 6 nitrogen and oxygen atoms in total. The van der Waals surface area contributed by atoms with E-state index in [2.05, 4.69) is 5.32 Å². The van der Waals surface area contributed by atoms with Crippen molar-refractivity contribution < 1.29 is 14.3 Å². The summed E-state index contributed by atoms with van der Waals surface area (Å²) >= 11 is 0. The second-order valence-electron chi connectivity index (χ2n) is 6.82. The molecule has 0 heterocycles. The van der Waals surface area contributed by atoms with Crippen LogP contribution in [0.25, 0.3) is 0 Å². The fourth-order valence-electron chi connectivity index (χ4n) is 2.75. The van der Waals surface area contributed by atoms with Gasteiger partial charge >= 0.3 is 0 Å². The van der Waals surface area contributed by atoms with Crippen LogP contribution in [0.1, 0.15) is 18.1 Å². The first kappa shape index (κ1) is 21.4. The van der Waals surface area contributed by atoms with Crippen LogP contribution < -0.4 is 10.1 Å². The van der Waals surface area contributed by atoms with Gasteiger partial charge in [0.05, 0.1) is 20.2 Å². The lowest BCUT2D eigenvalue weighted by atomic mass is 10.1. The molecular formula is C22H29N3O3. The highest BCUT2D eigenvalue weighted by Crippen LogP contribution is 2.16. The number of nitrogens with zero attached hydrogens (tertiary/aromatic N) is 2. The molecule has 28 heavy (non-hydrogen) atoms. The van der Waals surface area contributed by atoms with E-state index >= 15 is 0 Å². The Morgan fingerprint density at radius 3 is 2.43 bits per heavy atom. The van der Waals surface area contributed by atoms with Gasteiger partial charge < -0.3 is 15.0 Å². The molecule has 0 fully saturated rings. The number of carbonyl (C=O) groups excluding carboxylic acids is 2. The second-order valence-corrected chi connectivity index (χ2v) is 6.82. The highest BCUT2D eigenvalue weighted by molar-refractivity contribution is 5.92. The molecule has 0 saturated heterocycles. The predicted molar refractivity (Wildman–Crippen MR) is 111 cm³/mol. The van der Waals surface area contributed by atoms with E-state index in [9.17, 15) is 9.59 Å². The second kappa shape index (κ2) is 10.5. The summed E-state index contributed by atoms with van der Waals surface area (Å²) in [5, 5.41) is 2.84. The average Bonchev–Trinajstić information content (AvgIpc) is 2.69. The van der Waals surface area contributed by atoms with Crippen molar-refractivity contribution in [2.45, 2.75) is 20.4 Å². The summed E-state index contributed by atoms with van der Waals surface area (Å²) in [6.07, 6.45) is 0. The first-order valence-corrected chi connectivity index (χ1v) is 9.37. The molecule has 2 aromatic carbocycles. The van der Waals surface area contributed by atoms with Crippen LogP contribution in [0, 0.1) is 6.92 Å². The third-order valence-corrected chi connectivity index (χ3v) is 4.49. The molecule has 0 aliphatic heterocycles. The Balaban J connectivity index is 1.86. The zero-order chi connectivity index (χ0) is 20.5. The number of aryl methyl sites for hydroxylation is 1. The van der Waals surface area contributed by atoms with Crippen LogP contribution in [-0.2, 0) is 16.1 Å². The van der Waals surface area contributed by atoms with E-state index in [1.807, 2.05) is 55.1 Å². The Morgan fingerprint density at radius 2 is 1.79 bits per heavy atom. The lowest BCUT2D eigenvalue weighted by Gasteiger charge is -2.23. The van der Waals surface area contributed by atoms with Gasteiger partial charge in [0.1, 0.15) is 5.75 Å². The van der Waals surface area contributed by atoms with Crippen molar-refractivity contribution in [2.24, 2.45) is 0 Å². The van der Waals surface area contributed by atoms with Crippen LogP contribution in [0.15, 0.2) is 48.5 Å². The third kappa shape index (κ3) is 6.70. The average molecular weight is 383 g/mol. The molecule has 0 spiro atoms. The lowest BCUT2D eigenvalue weighted by Crippen LogP contribution is -2.41. The smallest absolute Gasteiger partial charge is 0.238 e. The van der Waals surface area contributed by atoms with Crippen molar-refractivity contribution in [3.63, 3.8) is 0 Å². The number of nitrogens with one attached hydrogen (secondary N) is 1. The summed E-state index contributed by atoms with van der Waals surface area (Å²) in [4.78, 5) is 28.4. The topological polar surface area (TPSA) is 61.9 Å². The minimum Gasteiger partial charge on any atom is -0.497 e. The summed E-state index contributed by atoms with van der Waals surface area (Å²) in [7, 11) is 3.37. The van der Waals surface area contributed by atoms with Crippen LogP contribution in [0.4, 0.5) is 5.69 Å². The Labute approximate surface area is 167 Å². The monoisotopic (exact) mass is 383 g/mol. The first-order valence-electron chi connectivity index (χ1n) is 9.37. The summed E-state index contributed by atoms with van der Waals surface area (Å²) in [6.45, 7) is 5.48. The largest absolute Gasteiger partial charge is 0.497 e. The van der Waals surface area contributed by atoms with Gasteiger partial charge in [0.25, 0.3) is 0 Å². The Kier molecular flexibility index (Phi) is 8.02. The number of rotatable bonds is 9. The van der Waals surface area contributed by atoms with E-state index in [4.69, 9.17) is 4.74 Å². The summed E-state index contributed by atoms with van der Waals surface area (Å²) in [5.41, 5.74) is 2.94. The molecular weight excluding hydrogens is 354 g/mol. The number of carbonyl (C=O) groups is 2. The van der Waals surface area contributed by atoms with Gasteiger partial charge in [-0.3, -0.25) is 14.5 Å². The van der Waals surface area contributed by atoms with Crippen molar-refractivity contribution in [1.29, 1.82) is 0 Å². The molecule has 0 saturated carbocycles. The zero-order valence-corrected chi connectivity index (χ0v) is 17.1. The molecule has 0 unspecified atom stereocenters. The summed E-state index contributed by atoms with van der Waals surface area (Å²) in [5.74, 6) is 0.499. The lowest BCUT2D eigenvalue weighted by molar-refractivity contribution is -0.132. The van der Waals surface area contributed by atoms with Crippen LogP contribution in [0.3, 0.4) is 0 Å². The Morgan fingerprint density at radius 1 is 1.07 bits per heavy atom. The fourth-order valence-corrected chi connectivity index (χ4v) is 2.75. The molecule has 2 rings (SSSR count). The third-order valence-electron chi connectivity index (χ3n) is 4.49. The van der Waals surface area contributed by atoms with Gasteiger partial charge in [-0.1, -0.05) is 42.8 Å². The van der Waals surface area contributed by atoms with Gasteiger partial charge in [0, 0.05) is 25.3 Å². The number of hydrogen-bond acceptors (Lipinski definition) is 4. The van der Waals surface area contributed by atoms with Gasteiger partial charge in [-0.25, -0.2) is 0 Å². The maximum atomic E-state index is 12.5. The number of ether oxygens (including phenoxy) is 1. The predicted octanol–water partition coefficient (Wildman–Crippen LogP) is 2.92. The van der Waals surface area contributed by atoms with Gasteiger partial charge in [-0.05, 0) is 31.2 Å². The number of hydrogen-bond donors (Lipinski definition) is 1. The molecule has 2 aromatic rings. The minimum atomic E-state index is -0.163. The van der Waals surface area contributed by atoms with Crippen LogP contribution >= 0.6 is 0 Å². The molecule has 0 aliphatic carbocycles. The van der Waals surface area contributed by atoms with E-state index in [1.54, 1.807) is 31.2 Å². The van der Waals surface area contributed by atoms with Gasteiger partial charge in [-0.15, -0.1) is 0 Å². The maximum absolute atomic E-state index is 12.5. The van der Waals surface area contributed by atoms with E-state index in [0.717, 1.165) is 5.56 Å². The Bertz CT molecular complexity index is 790. The number of likely N-dealkylation sites (N-methyl/N-ethyl adjacent to an activating group) is 2. The highest BCUT2D eigenvalue weighted by Gasteiger charge is 2.16. The standard InChI is InChI=1S/C22H29N3O3/c1-5-25(15-21(26)23-19-7-6-8-20(13-19)28-4)16-22(27)24(3)14-18-11-9-17(2)10-12-18/h6-13H,5,14-16H2,1-4H3,(H,23,26). The van der Waals surface area contributed by atoms with E-state index < -0.39 is 0 Å². The quantitative estimate of drug-likeness (QED) is 0.723. The fraction of sp³-hybridized carbons (Fsp3) is 0.364. The number of amides is 2. The molecule has 0 bridgehead atoms. The number of methoxy groups -OCH3 is 1. The van der Waals surface area contributed by atoms with Gasteiger partial charge in [0.2, 0.25) is 11.8 Å². The number of anilines is 1. The van der Waals surface area contributed by atoms with Crippen LogP contribution in [0.5, 0.6) is 5.75 Å². The van der Waals surface area contributed by atoms with Gasteiger partial charge in [0.15, 0.2) is 0 Å². The van der Waals surface area contributed by atoms with Crippen LogP contribution in [0.2, 0.25) is 0 Å². The summed E-state index contributed by atoms with van der Waals surface area (Å²) in [6, 6.07) is 15.3. The van der Waals surface area contributed by atoms with Crippen LogP contribution in [-0.4, -0.2) is 55.4 Å². The molecule has 0 aliphatic rings. The van der Waals surface area contributed by atoms with E-state index in [0.29, 0.717) is 24.5 Å². The molecule has 0 atom stereocenters. The van der Waals surface area contributed by atoms with Gasteiger partial charge in [-0.2, -0.15) is 0 Å².